The molecule has 1 rings (SSSR count). The zero-order chi connectivity index (χ0) is 14.6. The first-order valence-electron chi connectivity index (χ1n) is 5.86. The van der Waals surface area contributed by atoms with Gasteiger partial charge in [-0.05, 0) is 12.3 Å². The van der Waals surface area contributed by atoms with Gasteiger partial charge in [0, 0.05) is 24.1 Å². The number of carbonyl (C=O) groups excluding carboxylic acids is 1. The minimum Gasteiger partial charge on any atom is -0.348 e. The number of nitrogens with one attached hydrogen (secondary N) is 1. The summed E-state index contributed by atoms with van der Waals surface area (Å²) in [5, 5.41) is 2.44. The van der Waals surface area contributed by atoms with Crippen molar-refractivity contribution in [2.75, 3.05) is 5.88 Å². The van der Waals surface area contributed by atoms with E-state index in [1.54, 1.807) is 0 Å². The molecule has 1 unspecified atom stereocenters. The first-order valence-corrected chi connectivity index (χ1v) is 6.40. The summed E-state index contributed by atoms with van der Waals surface area (Å²) in [4.78, 5) is 11.8. The van der Waals surface area contributed by atoms with Gasteiger partial charge in [0.2, 0.25) is 0 Å². The van der Waals surface area contributed by atoms with Crippen LogP contribution in [-0.2, 0) is 0 Å². The summed E-state index contributed by atoms with van der Waals surface area (Å²) in [6, 6.07) is 0.546. The van der Waals surface area contributed by atoms with Crippen LogP contribution < -0.4 is 5.32 Å². The number of rotatable bonds is 5. The molecule has 0 aliphatic carbocycles. The summed E-state index contributed by atoms with van der Waals surface area (Å²) in [6.07, 6.45) is 0.583. The van der Waals surface area contributed by atoms with Gasteiger partial charge in [-0.3, -0.25) is 4.79 Å². The van der Waals surface area contributed by atoms with Crippen LogP contribution in [0.1, 0.15) is 30.6 Å². The van der Waals surface area contributed by atoms with E-state index in [9.17, 15) is 18.0 Å². The molecule has 6 heteroatoms. The molecule has 19 heavy (non-hydrogen) atoms. The Kier molecular flexibility index (Phi) is 5.66. The number of hydrogen-bond donors (Lipinski definition) is 1. The highest BCUT2D eigenvalue weighted by Crippen LogP contribution is 2.15. The highest BCUT2D eigenvalue weighted by atomic mass is 35.5. The second kappa shape index (κ2) is 6.80. The molecule has 0 heterocycles. The van der Waals surface area contributed by atoms with Gasteiger partial charge >= 0.3 is 0 Å². The molecule has 0 saturated carbocycles. The normalized spacial score (nSPS) is 12.6. The molecular weight excluding hydrogens is 279 g/mol. The molecule has 1 aromatic rings. The van der Waals surface area contributed by atoms with Crippen LogP contribution in [0.2, 0.25) is 0 Å². The average Bonchev–Trinajstić information content (AvgIpc) is 2.25. The van der Waals surface area contributed by atoms with Crippen LogP contribution in [0, 0.1) is 23.4 Å². The van der Waals surface area contributed by atoms with Crippen molar-refractivity contribution in [3.8, 4) is 0 Å². The van der Waals surface area contributed by atoms with Gasteiger partial charge in [-0.25, -0.2) is 13.2 Å². The minimum atomic E-state index is -1.23. The van der Waals surface area contributed by atoms with Crippen molar-refractivity contribution >= 4 is 17.5 Å². The Morgan fingerprint density at radius 2 is 1.79 bits per heavy atom. The first kappa shape index (κ1) is 15.8. The third kappa shape index (κ3) is 4.42. The molecule has 1 N–H and O–H groups in total. The molecule has 1 atom stereocenters. The van der Waals surface area contributed by atoms with Gasteiger partial charge in [-0.2, -0.15) is 0 Å². The topological polar surface area (TPSA) is 29.1 Å². The molecule has 1 aromatic carbocycles. The van der Waals surface area contributed by atoms with Gasteiger partial charge in [0.1, 0.15) is 23.0 Å². The van der Waals surface area contributed by atoms with Crippen molar-refractivity contribution in [2.45, 2.75) is 26.3 Å². The summed E-state index contributed by atoms with van der Waals surface area (Å²) in [5.41, 5.74) is -0.791. The molecule has 0 aliphatic heterocycles. The van der Waals surface area contributed by atoms with Crippen LogP contribution in [0.5, 0.6) is 0 Å². The van der Waals surface area contributed by atoms with Gasteiger partial charge in [-0.1, -0.05) is 13.8 Å². The van der Waals surface area contributed by atoms with Gasteiger partial charge in [0.15, 0.2) is 0 Å². The summed E-state index contributed by atoms with van der Waals surface area (Å²) >= 11 is 5.69. The Bertz CT molecular complexity index is 442. The third-order valence-electron chi connectivity index (χ3n) is 2.51. The van der Waals surface area contributed by atoms with Crippen molar-refractivity contribution in [2.24, 2.45) is 5.92 Å². The average molecular weight is 294 g/mol. The summed E-state index contributed by atoms with van der Waals surface area (Å²) < 4.78 is 39.5. The molecule has 0 fully saturated rings. The smallest absolute Gasteiger partial charge is 0.257 e. The number of benzene rings is 1. The van der Waals surface area contributed by atoms with Gasteiger partial charge in [0.25, 0.3) is 5.91 Å². The minimum absolute atomic E-state index is 0.133. The third-order valence-corrected chi connectivity index (χ3v) is 2.88. The highest BCUT2D eigenvalue weighted by Gasteiger charge is 2.21. The molecule has 0 spiro atoms. The number of hydrogen-bond acceptors (Lipinski definition) is 1. The van der Waals surface area contributed by atoms with Gasteiger partial charge in [0.05, 0.1) is 0 Å². The zero-order valence-electron chi connectivity index (χ0n) is 10.6. The fourth-order valence-corrected chi connectivity index (χ4v) is 1.95. The summed E-state index contributed by atoms with van der Waals surface area (Å²) in [6.45, 7) is 3.87. The second-order valence-corrected chi connectivity index (χ2v) is 5.01. The van der Waals surface area contributed by atoms with E-state index in [0.717, 1.165) is 0 Å². The zero-order valence-corrected chi connectivity index (χ0v) is 11.4. The van der Waals surface area contributed by atoms with Crippen LogP contribution in [0.15, 0.2) is 12.1 Å². The van der Waals surface area contributed by atoms with Crippen molar-refractivity contribution in [1.82, 2.24) is 5.32 Å². The molecule has 0 bridgehead atoms. The Hall–Kier alpha value is -1.23. The van der Waals surface area contributed by atoms with E-state index >= 15 is 0 Å². The van der Waals surface area contributed by atoms with Crippen molar-refractivity contribution in [3.63, 3.8) is 0 Å². The Labute approximate surface area is 114 Å². The lowest BCUT2D eigenvalue weighted by Gasteiger charge is -2.18. The number of halogens is 4. The Balaban J connectivity index is 2.89. The van der Waals surface area contributed by atoms with Crippen LogP contribution >= 0.6 is 11.6 Å². The van der Waals surface area contributed by atoms with Crippen LogP contribution in [0.3, 0.4) is 0 Å². The Morgan fingerprint density at radius 1 is 1.26 bits per heavy atom. The largest absolute Gasteiger partial charge is 0.348 e. The van der Waals surface area contributed by atoms with Gasteiger partial charge in [-0.15, -0.1) is 11.6 Å². The van der Waals surface area contributed by atoms with Crippen LogP contribution in [0.4, 0.5) is 13.2 Å². The molecule has 0 aliphatic rings. The van der Waals surface area contributed by atoms with E-state index in [4.69, 9.17) is 11.6 Å². The molecule has 0 radical (unpaired) electrons. The van der Waals surface area contributed by atoms with Crippen LogP contribution in [-0.4, -0.2) is 17.8 Å². The molecule has 0 aromatic heterocycles. The standard InChI is InChI=1S/C13H15ClF3NO/c1-7(2)3-9(6-14)18-13(19)12-10(16)4-8(15)5-11(12)17/h4-5,7,9H,3,6H2,1-2H3,(H,18,19). The maximum atomic E-state index is 13.4. The molecule has 2 nitrogen and oxygen atoms in total. The SMILES string of the molecule is CC(C)CC(CCl)NC(=O)c1c(F)cc(F)cc1F. The second-order valence-electron chi connectivity index (χ2n) is 4.70. The quantitative estimate of drug-likeness (QED) is 0.827. The lowest BCUT2D eigenvalue weighted by molar-refractivity contribution is 0.0928. The maximum Gasteiger partial charge on any atom is 0.257 e. The Morgan fingerprint density at radius 3 is 2.21 bits per heavy atom. The lowest BCUT2D eigenvalue weighted by Crippen LogP contribution is -2.38. The molecule has 0 saturated heterocycles. The van der Waals surface area contributed by atoms with Crippen molar-refractivity contribution in [1.29, 1.82) is 0 Å². The highest BCUT2D eigenvalue weighted by molar-refractivity contribution is 6.18. The van der Waals surface area contributed by atoms with E-state index in [1.165, 1.54) is 0 Å². The van der Waals surface area contributed by atoms with E-state index in [1.807, 2.05) is 13.8 Å². The fourth-order valence-electron chi connectivity index (χ4n) is 1.75. The summed E-state index contributed by atoms with van der Waals surface area (Å²) in [7, 11) is 0. The first-order chi connectivity index (χ1) is 8.85. The molecular formula is C13H15ClF3NO. The molecule has 1 amide bonds. The van der Waals surface area contributed by atoms with Gasteiger partial charge < -0.3 is 5.32 Å². The van der Waals surface area contributed by atoms with E-state index in [2.05, 4.69) is 5.32 Å². The predicted octanol–water partition coefficient (Wildman–Crippen LogP) is 3.49. The fraction of sp³-hybridized carbons (Fsp3) is 0.462. The molecule has 106 valence electrons. The van der Waals surface area contributed by atoms with Crippen LogP contribution in [0.25, 0.3) is 0 Å². The predicted molar refractivity (Wildman–Crippen MR) is 67.7 cm³/mol. The van der Waals surface area contributed by atoms with E-state index in [-0.39, 0.29) is 11.8 Å². The number of amides is 1. The maximum absolute atomic E-state index is 13.4. The number of alkyl halides is 1. The summed E-state index contributed by atoms with van der Waals surface area (Å²) in [5.74, 6) is -4.05. The van der Waals surface area contributed by atoms with Crippen molar-refractivity contribution < 1.29 is 18.0 Å². The lowest BCUT2D eigenvalue weighted by atomic mass is 10.0. The monoisotopic (exact) mass is 293 g/mol. The number of carbonyl (C=O) groups is 1. The van der Waals surface area contributed by atoms with E-state index < -0.39 is 35.0 Å². The van der Waals surface area contributed by atoms with E-state index in [0.29, 0.717) is 18.6 Å². The van der Waals surface area contributed by atoms with Crippen molar-refractivity contribution in [3.05, 3.63) is 35.1 Å².